The van der Waals surface area contributed by atoms with Crippen molar-refractivity contribution in [1.29, 1.82) is 5.41 Å². The van der Waals surface area contributed by atoms with Crippen molar-refractivity contribution in [3.63, 3.8) is 0 Å². The first-order valence-electron chi connectivity index (χ1n) is 13.3. The third-order valence-electron chi connectivity index (χ3n) is 7.18. The number of nitrogens with one attached hydrogen (secondary N) is 3. The fourth-order valence-electron chi connectivity index (χ4n) is 5.54. The van der Waals surface area contributed by atoms with Gasteiger partial charge in [0.15, 0.2) is 17.1 Å². The predicted octanol–water partition coefficient (Wildman–Crippen LogP) is 5.03. The lowest BCUT2D eigenvalue weighted by Crippen LogP contribution is -2.46. The summed E-state index contributed by atoms with van der Waals surface area (Å²) in [6.07, 6.45) is 5.39. The highest BCUT2D eigenvalue weighted by molar-refractivity contribution is 7.22. The van der Waals surface area contributed by atoms with E-state index < -0.39 is 11.5 Å². The lowest BCUT2D eigenvalue weighted by atomic mass is 10.0. The van der Waals surface area contributed by atoms with Crippen molar-refractivity contribution in [2.75, 3.05) is 23.8 Å². The summed E-state index contributed by atoms with van der Waals surface area (Å²) < 4.78 is 19.0. The van der Waals surface area contributed by atoms with Gasteiger partial charge in [0, 0.05) is 23.6 Å². The highest BCUT2D eigenvalue weighted by Crippen LogP contribution is 2.50. The molecule has 4 N–H and O–H groups in total. The molecule has 0 radical (unpaired) electrons. The number of aryl methyl sites for hydroxylation is 2. The largest absolute Gasteiger partial charge is 0.454 e. The molecular formula is C28H37N6O4P. The molecule has 4 unspecified atom stereocenters. The first kappa shape index (κ1) is 27.6. The predicted molar refractivity (Wildman–Crippen MR) is 155 cm³/mol. The summed E-state index contributed by atoms with van der Waals surface area (Å²) in [6, 6.07) is 4.02. The molecule has 10 nitrogen and oxygen atoms in total. The maximum atomic E-state index is 10.0. The van der Waals surface area contributed by atoms with Crippen LogP contribution in [0.3, 0.4) is 0 Å². The molecule has 11 heteroatoms. The Morgan fingerprint density at radius 1 is 1.31 bits per heavy atom. The van der Waals surface area contributed by atoms with Gasteiger partial charge in [-0.3, -0.25) is 4.98 Å². The Kier molecular flexibility index (Phi) is 7.50. The van der Waals surface area contributed by atoms with Crippen LogP contribution in [0.25, 0.3) is 22.3 Å². The minimum atomic E-state index is -0.876. The number of hydrogen-bond donors (Lipinski definition) is 4. The molecular weight excluding hydrogens is 515 g/mol. The van der Waals surface area contributed by atoms with E-state index in [4.69, 9.17) is 29.3 Å². The van der Waals surface area contributed by atoms with Crippen LogP contribution in [0.5, 0.6) is 0 Å². The van der Waals surface area contributed by atoms with Gasteiger partial charge in [-0.2, -0.15) is 4.98 Å². The summed E-state index contributed by atoms with van der Waals surface area (Å²) >= 11 is 0. The molecule has 4 atom stereocenters. The van der Waals surface area contributed by atoms with Gasteiger partial charge in [0.25, 0.3) is 0 Å². The number of ether oxygens (including phenoxy) is 2. The van der Waals surface area contributed by atoms with Gasteiger partial charge in [-0.15, -0.1) is 9.24 Å². The molecule has 1 aliphatic heterocycles. The standard InChI is InChI=1S/C28H37N6O4P/c1-6-20-10-18-11-21(36-22(18)13-30-20)23-16(3)32-26(31-12-19(29)9-15(2)39)33-25(23)34-28-8-7-17(14-35)24(28)37-27(4,5)38-28/h9-11,13,17,24,29,35H,6-8,12,14,39H2,1-5H3,(H2,31,32,33,34). The highest BCUT2D eigenvalue weighted by atomic mass is 31.0. The van der Waals surface area contributed by atoms with Gasteiger partial charge >= 0.3 is 0 Å². The molecule has 39 heavy (non-hydrogen) atoms. The van der Waals surface area contributed by atoms with Crippen LogP contribution in [0.1, 0.15) is 51.9 Å². The summed E-state index contributed by atoms with van der Waals surface area (Å²) in [5.74, 6) is 0.640. The van der Waals surface area contributed by atoms with Gasteiger partial charge in [-0.25, -0.2) is 4.98 Å². The number of anilines is 2. The average molecular weight is 553 g/mol. The Hall–Kier alpha value is -2.91. The fraction of sp³-hybridized carbons (Fsp3) is 0.500. The summed E-state index contributed by atoms with van der Waals surface area (Å²) in [4.78, 5) is 14.0. The number of allylic oxidation sites excluding steroid dienone is 1. The molecule has 0 aromatic carbocycles. The minimum Gasteiger partial charge on any atom is -0.454 e. The molecule has 208 valence electrons. The van der Waals surface area contributed by atoms with Crippen molar-refractivity contribution in [3.05, 3.63) is 41.1 Å². The third-order valence-corrected chi connectivity index (χ3v) is 7.34. The van der Waals surface area contributed by atoms with Gasteiger partial charge in [0.1, 0.15) is 17.7 Å². The van der Waals surface area contributed by atoms with E-state index in [2.05, 4.69) is 31.8 Å². The summed E-state index contributed by atoms with van der Waals surface area (Å²) in [6.45, 7) is 9.94. The number of nitrogens with zero attached hydrogens (tertiary/aromatic N) is 3. The summed E-state index contributed by atoms with van der Waals surface area (Å²) in [7, 11) is 2.59. The lowest BCUT2D eigenvalue weighted by Gasteiger charge is -2.31. The van der Waals surface area contributed by atoms with E-state index >= 15 is 0 Å². The molecule has 0 amide bonds. The molecule has 4 heterocycles. The Bertz CT molecular complexity index is 1430. The van der Waals surface area contributed by atoms with E-state index in [1.807, 2.05) is 39.8 Å². The number of furan rings is 1. The van der Waals surface area contributed by atoms with Crippen LogP contribution in [0.4, 0.5) is 11.8 Å². The van der Waals surface area contributed by atoms with E-state index in [0.29, 0.717) is 46.5 Å². The second-order valence-electron chi connectivity index (χ2n) is 10.8. The van der Waals surface area contributed by atoms with E-state index in [0.717, 1.165) is 29.2 Å². The van der Waals surface area contributed by atoms with E-state index in [-0.39, 0.29) is 25.2 Å². The lowest BCUT2D eigenvalue weighted by molar-refractivity contribution is -0.168. The van der Waals surface area contributed by atoms with E-state index in [9.17, 15) is 5.11 Å². The zero-order valence-corrected chi connectivity index (χ0v) is 24.2. The monoisotopic (exact) mass is 552 g/mol. The molecule has 1 saturated carbocycles. The third kappa shape index (κ3) is 5.57. The molecule has 3 aromatic rings. The molecule has 1 aliphatic carbocycles. The zero-order valence-electron chi connectivity index (χ0n) is 23.1. The van der Waals surface area contributed by atoms with Crippen molar-refractivity contribution in [3.8, 4) is 11.3 Å². The quantitative estimate of drug-likeness (QED) is 0.213. The van der Waals surface area contributed by atoms with Gasteiger partial charge in [-0.05, 0) is 65.2 Å². The van der Waals surface area contributed by atoms with Crippen LogP contribution in [-0.4, -0.2) is 56.5 Å². The molecule has 2 aliphatic rings. The van der Waals surface area contributed by atoms with Gasteiger partial charge in [0.2, 0.25) is 5.95 Å². The van der Waals surface area contributed by atoms with E-state index in [1.165, 1.54) is 0 Å². The number of aliphatic hydroxyl groups is 1. The van der Waals surface area contributed by atoms with Crippen molar-refractivity contribution in [1.82, 2.24) is 15.0 Å². The Balaban J connectivity index is 1.58. The first-order valence-corrected chi connectivity index (χ1v) is 13.9. The van der Waals surface area contributed by atoms with Gasteiger partial charge in [0.05, 0.1) is 29.7 Å². The molecule has 5 rings (SSSR count). The topological polar surface area (TPSA) is 138 Å². The number of pyridine rings is 1. The molecule has 0 spiro atoms. The number of aliphatic hydroxyl groups excluding tert-OH is 1. The molecule has 2 fully saturated rings. The molecule has 1 saturated heterocycles. The Morgan fingerprint density at radius 3 is 2.82 bits per heavy atom. The van der Waals surface area contributed by atoms with E-state index in [1.54, 1.807) is 12.3 Å². The highest BCUT2D eigenvalue weighted by Gasteiger charge is 2.60. The second-order valence-corrected chi connectivity index (χ2v) is 11.7. The van der Waals surface area contributed by atoms with Crippen LogP contribution in [0, 0.1) is 18.3 Å². The SMILES string of the molecule is CCc1cc2cc(-c3c(C)nc(NCC(=N)C=C(C)P)nc3NC34CCC(CO)C3OC(C)(C)O4)oc2cn1. The number of fused-ring (bicyclic) bond motifs is 2. The van der Waals surface area contributed by atoms with Crippen molar-refractivity contribution >= 4 is 37.7 Å². The maximum Gasteiger partial charge on any atom is 0.225 e. The summed E-state index contributed by atoms with van der Waals surface area (Å²) in [5, 5.41) is 26.9. The number of aromatic nitrogens is 3. The van der Waals surface area contributed by atoms with Crippen LogP contribution < -0.4 is 10.6 Å². The maximum absolute atomic E-state index is 10.0. The zero-order chi connectivity index (χ0) is 27.9. The van der Waals surface area contributed by atoms with Crippen LogP contribution >= 0.6 is 9.24 Å². The second kappa shape index (κ2) is 10.6. The average Bonchev–Trinajstić information content (AvgIpc) is 3.49. The van der Waals surface area contributed by atoms with Crippen LogP contribution in [-0.2, 0) is 15.9 Å². The number of rotatable bonds is 9. The smallest absolute Gasteiger partial charge is 0.225 e. The Labute approximate surface area is 230 Å². The van der Waals surface area contributed by atoms with Gasteiger partial charge < -0.3 is 35.0 Å². The van der Waals surface area contributed by atoms with Crippen LogP contribution in [0.15, 0.2) is 34.1 Å². The molecule has 0 bridgehead atoms. The normalized spacial score (nSPS) is 24.2. The first-order chi connectivity index (χ1) is 18.5. The number of hydrogen-bond acceptors (Lipinski definition) is 10. The van der Waals surface area contributed by atoms with Crippen molar-refractivity contribution < 1.29 is 19.0 Å². The summed E-state index contributed by atoms with van der Waals surface area (Å²) in [5.41, 5.74) is 2.61. The van der Waals surface area contributed by atoms with Gasteiger partial charge in [-0.1, -0.05) is 12.2 Å². The molecule has 3 aromatic heterocycles. The Morgan fingerprint density at radius 2 is 2.10 bits per heavy atom. The van der Waals surface area contributed by atoms with Crippen LogP contribution in [0.2, 0.25) is 0 Å². The van der Waals surface area contributed by atoms with Crippen molar-refractivity contribution in [2.45, 2.75) is 71.5 Å². The minimum absolute atomic E-state index is 0.0110. The van der Waals surface area contributed by atoms with Crippen molar-refractivity contribution in [2.24, 2.45) is 5.92 Å². The fourth-order valence-corrected chi connectivity index (χ4v) is 5.74.